The molecular weight excluding hydrogens is 365 g/mol. The molecule has 1 atom stereocenters. The van der Waals surface area contributed by atoms with Crippen molar-refractivity contribution in [2.24, 2.45) is 5.92 Å². The number of hydrogen-bond acceptors (Lipinski definition) is 2. The predicted octanol–water partition coefficient (Wildman–Crippen LogP) is 4.61. The number of rotatable bonds is 3. The summed E-state index contributed by atoms with van der Waals surface area (Å²) in [7, 11) is 0. The Labute approximate surface area is 146 Å². The van der Waals surface area contributed by atoms with E-state index in [9.17, 15) is 30.7 Å². The zero-order valence-electron chi connectivity index (χ0n) is 13.9. The Morgan fingerprint density at radius 3 is 2.04 bits per heavy atom. The van der Waals surface area contributed by atoms with Gasteiger partial charge in [-0.3, -0.25) is 4.90 Å². The molecule has 0 unspecified atom stereocenters. The molecule has 146 valence electrons. The standard InChI is InChI=1S/C17H19F7N2/c18-13-9-11(16(19,20)21)8-12(17(22,23)24)14(13)15(10-2-1-3-10)26-6-4-25-5-7-26/h8-10,15,25H,1-7H2/t15-/m1/s1. The third kappa shape index (κ3) is 3.83. The molecule has 1 N–H and O–H groups in total. The van der Waals surface area contributed by atoms with Gasteiger partial charge in [-0.15, -0.1) is 0 Å². The predicted molar refractivity (Wildman–Crippen MR) is 80.9 cm³/mol. The lowest BCUT2D eigenvalue weighted by Gasteiger charge is -2.44. The fraction of sp³-hybridized carbons (Fsp3) is 0.647. The van der Waals surface area contributed by atoms with Gasteiger partial charge in [0.1, 0.15) is 5.82 Å². The second-order valence-corrected chi connectivity index (χ2v) is 6.84. The van der Waals surface area contributed by atoms with Gasteiger partial charge in [0.2, 0.25) is 0 Å². The lowest BCUT2D eigenvalue weighted by atomic mass is 9.75. The Kier molecular flexibility index (Phi) is 5.22. The lowest BCUT2D eigenvalue weighted by molar-refractivity contribution is -0.144. The largest absolute Gasteiger partial charge is 0.416 e. The van der Waals surface area contributed by atoms with Gasteiger partial charge in [0, 0.05) is 37.8 Å². The van der Waals surface area contributed by atoms with E-state index in [4.69, 9.17) is 0 Å². The quantitative estimate of drug-likeness (QED) is 0.766. The second-order valence-electron chi connectivity index (χ2n) is 6.84. The summed E-state index contributed by atoms with van der Waals surface area (Å²) in [6, 6.07) is -0.616. The van der Waals surface area contributed by atoms with Gasteiger partial charge >= 0.3 is 12.4 Å². The van der Waals surface area contributed by atoms with Crippen molar-refractivity contribution in [1.29, 1.82) is 0 Å². The van der Waals surface area contributed by atoms with E-state index in [2.05, 4.69) is 5.32 Å². The van der Waals surface area contributed by atoms with Gasteiger partial charge in [-0.1, -0.05) is 6.42 Å². The molecule has 0 amide bonds. The maximum absolute atomic E-state index is 14.7. The number of piperazine rings is 1. The molecule has 1 aliphatic carbocycles. The molecule has 1 aromatic carbocycles. The third-order valence-electron chi connectivity index (χ3n) is 5.20. The highest BCUT2D eigenvalue weighted by atomic mass is 19.4. The van der Waals surface area contributed by atoms with Crippen molar-refractivity contribution in [1.82, 2.24) is 10.2 Å². The molecule has 1 saturated carbocycles. The van der Waals surface area contributed by atoms with E-state index in [1.165, 1.54) is 0 Å². The minimum absolute atomic E-state index is 0.0479. The molecular formula is C17H19F7N2. The molecule has 1 aliphatic heterocycles. The van der Waals surface area contributed by atoms with Crippen LogP contribution in [-0.2, 0) is 12.4 Å². The van der Waals surface area contributed by atoms with E-state index in [1.54, 1.807) is 4.90 Å². The summed E-state index contributed by atoms with van der Waals surface area (Å²) in [5.41, 5.74) is -3.77. The number of hydrogen-bond donors (Lipinski definition) is 1. The first-order chi connectivity index (χ1) is 12.1. The first-order valence-corrected chi connectivity index (χ1v) is 8.51. The first-order valence-electron chi connectivity index (χ1n) is 8.51. The molecule has 0 radical (unpaired) electrons. The summed E-state index contributed by atoms with van der Waals surface area (Å²) < 4.78 is 94.0. The highest BCUT2D eigenvalue weighted by Gasteiger charge is 2.45. The van der Waals surface area contributed by atoms with Crippen LogP contribution < -0.4 is 5.32 Å². The minimum atomic E-state index is -5.06. The fourth-order valence-electron chi connectivity index (χ4n) is 3.75. The highest BCUT2D eigenvalue weighted by Crippen LogP contribution is 2.47. The Morgan fingerprint density at radius 2 is 1.58 bits per heavy atom. The molecule has 2 nitrogen and oxygen atoms in total. The van der Waals surface area contributed by atoms with Crippen LogP contribution in [0.2, 0.25) is 0 Å². The van der Waals surface area contributed by atoms with Gasteiger partial charge in [-0.2, -0.15) is 26.3 Å². The Morgan fingerprint density at radius 1 is 0.962 bits per heavy atom. The van der Waals surface area contributed by atoms with E-state index >= 15 is 0 Å². The topological polar surface area (TPSA) is 15.3 Å². The van der Waals surface area contributed by atoms with E-state index in [0.29, 0.717) is 39.0 Å². The van der Waals surface area contributed by atoms with Crippen molar-refractivity contribution in [3.63, 3.8) is 0 Å². The van der Waals surface area contributed by atoms with Crippen LogP contribution in [0.4, 0.5) is 30.7 Å². The van der Waals surface area contributed by atoms with Gasteiger partial charge in [0.15, 0.2) is 0 Å². The van der Waals surface area contributed by atoms with Crippen molar-refractivity contribution < 1.29 is 30.7 Å². The minimum Gasteiger partial charge on any atom is -0.314 e. The third-order valence-corrected chi connectivity index (χ3v) is 5.20. The Balaban J connectivity index is 2.13. The highest BCUT2D eigenvalue weighted by molar-refractivity contribution is 5.39. The molecule has 9 heteroatoms. The molecule has 1 saturated heterocycles. The van der Waals surface area contributed by atoms with Gasteiger partial charge < -0.3 is 5.32 Å². The van der Waals surface area contributed by atoms with E-state index < -0.39 is 40.9 Å². The molecule has 3 rings (SSSR count). The number of alkyl halides is 6. The van der Waals surface area contributed by atoms with Crippen molar-refractivity contribution in [3.05, 3.63) is 34.6 Å². The van der Waals surface area contributed by atoms with Crippen LogP contribution in [0.3, 0.4) is 0 Å². The maximum Gasteiger partial charge on any atom is 0.416 e. The molecule has 0 spiro atoms. The Hall–Kier alpha value is -1.35. The van der Waals surface area contributed by atoms with Gasteiger partial charge in [-0.05, 0) is 30.9 Å². The SMILES string of the molecule is Fc1cc(C(F)(F)F)cc(C(F)(F)F)c1[C@@H](C1CCC1)N1CCNCC1. The second kappa shape index (κ2) is 6.99. The number of nitrogens with zero attached hydrogens (tertiary/aromatic N) is 1. The zero-order valence-corrected chi connectivity index (χ0v) is 13.9. The monoisotopic (exact) mass is 384 g/mol. The van der Waals surface area contributed by atoms with Crippen LogP contribution >= 0.6 is 0 Å². The average Bonchev–Trinajstić information content (AvgIpc) is 2.49. The number of halogens is 7. The normalized spacial score (nSPS) is 21.5. The van der Waals surface area contributed by atoms with Crippen LogP contribution in [0.1, 0.15) is 42.0 Å². The zero-order chi connectivity index (χ0) is 19.1. The van der Waals surface area contributed by atoms with Gasteiger partial charge in [0.25, 0.3) is 0 Å². The summed E-state index contributed by atoms with van der Waals surface area (Å²) in [6.45, 7) is 1.96. The van der Waals surface area contributed by atoms with Crippen molar-refractivity contribution in [2.75, 3.05) is 26.2 Å². The molecule has 0 bridgehead atoms. The molecule has 2 fully saturated rings. The van der Waals surface area contributed by atoms with Crippen molar-refractivity contribution in [2.45, 2.75) is 37.7 Å². The summed E-state index contributed by atoms with van der Waals surface area (Å²) in [5, 5.41) is 3.08. The van der Waals surface area contributed by atoms with Gasteiger partial charge in [-0.25, -0.2) is 4.39 Å². The summed E-state index contributed by atoms with van der Waals surface area (Å²) in [5.74, 6) is -1.61. The van der Waals surface area contributed by atoms with E-state index in [0.717, 1.165) is 6.42 Å². The average molecular weight is 384 g/mol. The van der Waals surface area contributed by atoms with Crippen LogP contribution in [0.25, 0.3) is 0 Å². The van der Waals surface area contributed by atoms with Crippen LogP contribution in [0.5, 0.6) is 0 Å². The van der Waals surface area contributed by atoms with Crippen molar-refractivity contribution in [3.8, 4) is 0 Å². The summed E-state index contributed by atoms with van der Waals surface area (Å²) in [6.07, 6.45) is -7.98. The van der Waals surface area contributed by atoms with Gasteiger partial charge in [0.05, 0.1) is 11.1 Å². The Bertz CT molecular complexity index is 644. The fourth-order valence-corrected chi connectivity index (χ4v) is 3.75. The number of benzene rings is 1. The molecule has 1 aromatic rings. The molecule has 1 heterocycles. The first kappa shape index (κ1) is 19.4. The summed E-state index contributed by atoms with van der Waals surface area (Å²) >= 11 is 0. The summed E-state index contributed by atoms with van der Waals surface area (Å²) in [4.78, 5) is 1.77. The van der Waals surface area contributed by atoms with Crippen LogP contribution in [-0.4, -0.2) is 31.1 Å². The molecule has 26 heavy (non-hydrogen) atoms. The van der Waals surface area contributed by atoms with Crippen LogP contribution in [0, 0.1) is 11.7 Å². The maximum atomic E-state index is 14.7. The lowest BCUT2D eigenvalue weighted by Crippen LogP contribution is -2.48. The molecule has 0 aromatic heterocycles. The number of nitrogens with one attached hydrogen (secondary N) is 1. The van der Waals surface area contributed by atoms with E-state index in [-0.39, 0.29) is 18.1 Å². The van der Waals surface area contributed by atoms with Crippen molar-refractivity contribution >= 4 is 0 Å². The smallest absolute Gasteiger partial charge is 0.314 e. The molecule has 2 aliphatic rings. The van der Waals surface area contributed by atoms with Crippen LogP contribution in [0.15, 0.2) is 12.1 Å². The van der Waals surface area contributed by atoms with E-state index in [1.807, 2.05) is 0 Å².